The van der Waals surface area contributed by atoms with Gasteiger partial charge in [0.05, 0.1) is 13.2 Å². The van der Waals surface area contributed by atoms with Crippen molar-refractivity contribution in [2.75, 3.05) is 32.8 Å². The summed E-state index contributed by atoms with van der Waals surface area (Å²) in [6, 6.07) is 2.21. The van der Waals surface area contributed by atoms with Gasteiger partial charge in [-0.3, -0.25) is 4.90 Å². The van der Waals surface area contributed by atoms with Crippen LogP contribution in [0.25, 0.3) is 0 Å². The first kappa shape index (κ1) is 15.3. The Morgan fingerprint density at radius 1 is 1.20 bits per heavy atom. The molecule has 1 aliphatic heterocycles. The van der Waals surface area contributed by atoms with Gasteiger partial charge in [-0.05, 0) is 24.6 Å². The highest BCUT2D eigenvalue weighted by Crippen LogP contribution is 2.13. The van der Waals surface area contributed by atoms with Crippen LogP contribution in [0.15, 0.2) is 12.1 Å². The van der Waals surface area contributed by atoms with Crippen molar-refractivity contribution in [1.29, 1.82) is 0 Å². The molecule has 0 aromatic heterocycles. The Bertz CT molecular complexity index is 427. The second-order valence-electron chi connectivity index (χ2n) is 5.07. The maximum absolute atomic E-state index is 13.1. The van der Waals surface area contributed by atoms with Gasteiger partial charge in [0.1, 0.15) is 0 Å². The Morgan fingerprint density at radius 2 is 1.80 bits per heavy atom. The maximum Gasteiger partial charge on any atom is 0.194 e. The molecule has 1 aromatic rings. The summed E-state index contributed by atoms with van der Waals surface area (Å²) >= 11 is 0. The van der Waals surface area contributed by atoms with Crippen LogP contribution in [0.1, 0.15) is 12.5 Å². The fourth-order valence-electron chi connectivity index (χ4n) is 2.24. The first-order valence-corrected chi connectivity index (χ1v) is 6.73. The number of hydrogen-bond donors (Lipinski definition) is 1. The number of hydrogen-bond acceptors (Lipinski definition) is 3. The van der Waals surface area contributed by atoms with Gasteiger partial charge in [0.15, 0.2) is 17.5 Å². The monoisotopic (exact) mass is 288 g/mol. The van der Waals surface area contributed by atoms with Crippen LogP contribution in [-0.2, 0) is 11.3 Å². The van der Waals surface area contributed by atoms with Crippen LogP contribution in [0.3, 0.4) is 0 Å². The molecule has 1 unspecified atom stereocenters. The Morgan fingerprint density at radius 3 is 2.40 bits per heavy atom. The number of ether oxygens (including phenoxy) is 1. The molecule has 112 valence electrons. The SMILES string of the molecule is CC(CN1CCOCC1)NCc1cc(F)c(F)c(F)c1. The first-order valence-electron chi connectivity index (χ1n) is 6.73. The van der Waals surface area contributed by atoms with Crippen LogP contribution in [-0.4, -0.2) is 43.8 Å². The van der Waals surface area contributed by atoms with Gasteiger partial charge in [-0.2, -0.15) is 0 Å². The van der Waals surface area contributed by atoms with Crippen LogP contribution in [0.2, 0.25) is 0 Å². The van der Waals surface area contributed by atoms with Crippen LogP contribution in [0.5, 0.6) is 0 Å². The number of morpholine rings is 1. The predicted molar refractivity (Wildman–Crippen MR) is 69.9 cm³/mol. The summed E-state index contributed by atoms with van der Waals surface area (Å²) in [4.78, 5) is 2.27. The summed E-state index contributed by atoms with van der Waals surface area (Å²) in [6.07, 6.45) is 0. The van der Waals surface area contributed by atoms with Crippen LogP contribution in [0.4, 0.5) is 13.2 Å². The first-order chi connectivity index (χ1) is 9.56. The molecule has 0 saturated carbocycles. The third-order valence-electron chi connectivity index (χ3n) is 3.33. The van der Waals surface area contributed by atoms with Gasteiger partial charge >= 0.3 is 0 Å². The second kappa shape index (κ2) is 7.06. The number of nitrogens with one attached hydrogen (secondary N) is 1. The molecular formula is C14H19F3N2O. The fraction of sp³-hybridized carbons (Fsp3) is 0.571. The molecule has 1 heterocycles. The van der Waals surface area contributed by atoms with Gasteiger partial charge in [-0.1, -0.05) is 0 Å². The number of benzene rings is 1. The minimum atomic E-state index is -1.42. The predicted octanol–water partition coefficient (Wildman–Crippen LogP) is 1.91. The maximum atomic E-state index is 13.1. The molecular weight excluding hydrogens is 269 g/mol. The number of nitrogens with zero attached hydrogens (tertiary/aromatic N) is 1. The second-order valence-corrected chi connectivity index (χ2v) is 5.07. The number of rotatable bonds is 5. The van der Waals surface area contributed by atoms with Crippen LogP contribution >= 0.6 is 0 Å². The fourth-order valence-corrected chi connectivity index (χ4v) is 2.24. The van der Waals surface area contributed by atoms with E-state index in [0.717, 1.165) is 45.0 Å². The molecule has 1 N–H and O–H groups in total. The molecule has 6 heteroatoms. The smallest absolute Gasteiger partial charge is 0.194 e. The van der Waals surface area contributed by atoms with E-state index in [4.69, 9.17) is 4.74 Å². The van der Waals surface area contributed by atoms with Crippen molar-refractivity contribution in [2.24, 2.45) is 0 Å². The highest BCUT2D eigenvalue weighted by Gasteiger charge is 2.14. The average molecular weight is 288 g/mol. The lowest BCUT2D eigenvalue weighted by Crippen LogP contribution is -2.44. The minimum absolute atomic E-state index is 0.171. The molecule has 0 amide bonds. The van der Waals surface area contributed by atoms with Crippen molar-refractivity contribution < 1.29 is 17.9 Å². The molecule has 0 spiro atoms. The van der Waals surface area contributed by atoms with E-state index >= 15 is 0 Å². The molecule has 0 radical (unpaired) electrons. The Kier molecular flexibility index (Phi) is 5.39. The van der Waals surface area contributed by atoms with E-state index in [1.807, 2.05) is 6.92 Å². The van der Waals surface area contributed by atoms with E-state index in [1.54, 1.807) is 0 Å². The van der Waals surface area contributed by atoms with Gasteiger partial charge in [0.25, 0.3) is 0 Å². The average Bonchev–Trinajstić information content (AvgIpc) is 2.43. The van der Waals surface area contributed by atoms with Crippen molar-refractivity contribution in [1.82, 2.24) is 10.2 Å². The molecule has 20 heavy (non-hydrogen) atoms. The largest absolute Gasteiger partial charge is 0.379 e. The van der Waals surface area contributed by atoms with Gasteiger partial charge in [0.2, 0.25) is 0 Å². The van der Waals surface area contributed by atoms with Gasteiger partial charge in [-0.15, -0.1) is 0 Å². The van der Waals surface area contributed by atoms with Gasteiger partial charge < -0.3 is 10.1 Å². The lowest BCUT2D eigenvalue weighted by atomic mass is 10.2. The minimum Gasteiger partial charge on any atom is -0.379 e. The summed E-state index contributed by atoms with van der Waals surface area (Å²) in [5.74, 6) is -3.72. The molecule has 3 nitrogen and oxygen atoms in total. The van der Waals surface area contributed by atoms with Gasteiger partial charge in [0, 0.05) is 32.2 Å². The van der Waals surface area contributed by atoms with E-state index < -0.39 is 17.5 Å². The topological polar surface area (TPSA) is 24.5 Å². The van der Waals surface area contributed by atoms with Crippen LogP contribution < -0.4 is 5.32 Å². The molecule has 1 saturated heterocycles. The van der Waals surface area contributed by atoms with E-state index in [1.165, 1.54) is 0 Å². The lowest BCUT2D eigenvalue weighted by Gasteiger charge is -2.29. The zero-order valence-electron chi connectivity index (χ0n) is 11.5. The highest BCUT2D eigenvalue weighted by molar-refractivity contribution is 5.19. The standard InChI is InChI=1S/C14H19F3N2O/c1-10(9-19-2-4-20-5-3-19)18-8-11-6-12(15)14(17)13(16)7-11/h6-7,10,18H,2-5,8-9H2,1H3. The van der Waals surface area contributed by atoms with Crippen molar-refractivity contribution in [3.8, 4) is 0 Å². The van der Waals surface area contributed by atoms with Crippen molar-refractivity contribution in [3.63, 3.8) is 0 Å². The highest BCUT2D eigenvalue weighted by atomic mass is 19.2. The summed E-state index contributed by atoms with van der Waals surface area (Å²) in [7, 11) is 0. The van der Waals surface area contributed by atoms with Gasteiger partial charge in [-0.25, -0.2) is 13.2 Å². The van der Waals surface area contributed by atoms with E-state index in [0.29, 0.717) is 12.1 Å². The molecule has 0 aliphatic carbocycles. The van der Waals surface area contributed by atoms with Crippen molar-refractivity contribution in [2.45, 2.75) is 19.5 Å². The normalized spacial score (nSPS) is 18.2. The molecule has 0 bridgehead atoms. The lowest BCUT2D eigenvalue weighted by molar-refractivity contribution is 0.0343. The Hall–Kier alpha value is -1.11. The number of halogens is 3. The van der Waals surface area contributed by atoms with Crippen molar-refractivity contribution >= 4 is 0 Å². The summed E-state index contributed by atoms with van der Waals surface area (Å²) < 4.78 is 44.2. The third-order valence-corrected chi connectivity index (χ3v) is 3.33. The van der Waals surface area contributed by atoms with E-state index in [-0.39, 0.29) is 6.04 Å². The zero-order valence-corrected chi connectivity index (χ0v) is 11.5. The Labute approximate surface area is 116 Å². The van der Waals surface area contributed by atoms with Crippen LogP contribution in [0, 0.1) is 17.5 Å². The molecule has 1 aliphatic rings. The molecule has 1 aromatic carbocycles. The van der Waals surface area contributed by atoms with E-state index in [2.05, 4.69) is 10.2 Å². The summed E-state index contributed by atoms with van der Waals surface area (Å²) in [5, 5.41) is 3.18. The summed E-state index contributed by atoms with van der Waals surface area (Å²) in [5.41, 5.74) is 0.398. The molecule has 1 fully saturated rings. The third kappa shape index (κ3) is 4.19. The molecule has 1 atom stereocenters. The van der Waals surface area contributed by atoms with Crippen molar-refractivity contribution in [3.05, 3.63) is 35.1 Å². The molecule has 2 rings (SSSR count). The zero-order chi connectivity index (χ0) is 14.5. The Balaban J connectivity index is 1.82. The summed E-state index contributed by atoms with van der Waals surface area (Å²) in [6.45, 7) is 6.42. The quantitative estimate of drug-likeness (QED) is 0.838. The van der Waals surface area contributed by atoms with E-state index in [9.17, 15) is 13.2 Å².